The van der Waals surface area contributed by atoms with Gasteiger partial charge in [0.1, 0.15) is 5.54 Å². The first-order valence-corrected chi connectivity index (χ1v) is 7.00. The van der Waals surface area contributed by atoms with Crippen molar-refractivity contribution in [1.29, 1.82) is 0 Å². The molecule has 0 amide bonds. The third kappa shape index (κ3) is 3.68. The highest BCUT2D eigenvalue weighted by atomic mass is 32.2. The van der Waals surface area contributed by atoms with Gasteiger partial charge in [-0.2, -0.15) is 0 Å². The van der Waals surface area contributed by atoms with Crippen LogP contribution in [0.15, 0.2) is 23.6 Å². The Labute approximate surface area is 110 Å². The highest BCUT2D eigenvalue weighted by Gasteiger charge is 2.38. The molecule has 0 radical (unpaired) electrons. The molecule has 0 aromatic carbocycles. The number of nitrogens with one attached hydrogen (secondary N) is 1. The minimum absolute atomic E-state index is 0.379. The van der Waals surface area contributed by atoms with Crippen LogP contribution in [0.1, 0.15) is 26.2 Å². The molecule has 1 aromatic rings. The summed E-state index contributed by atoms with van der Waals surface area (Å²) in [6, 6.07) is 2.14. The highest BCUT2D eigenvalue weighted by molar-refractivity contribution is 7.99. The van der Waals surface area contributed by atoms with E-state index in [0.29, 0.717) is 23.4 Å². The van der Waals surface area contributed by atoms with Crippen molar-refractivity contribution in [2.45, 2.75) is 42.9 Å². The molecule has 1 aliphatic carbocycles. The number of hydrogen-bond acceptors (Lipinski definition) is 5. The van der Waals surface area contributed by atoms with E-state index in [1.54, 1.807) is 25.4 Å². The van der Waals surface area contributed by atoms with Crippen molar-refractivity contribution in [2.75, 3.05) is 5.75 Å². The van der Waals surface area contributed by atoms with Crippen molar-refractivity contribution in [3.05, 3.63) is 18.5 Å². The molecule has 0 bridgehead atoms. The summed E-state index contributed by atoms with van der Waals surface area (Å²) in [5.41, 5.74) is -0.844. The molecule has 2 rings (SSSR count). The van der Waals surface area contributed by atoms with Crippen molar-refractivity contribution < 1.29 is 9.90 Å². The number of thioether (sulfide) groups is 1. The summed E-state index contributed by atoms with van der Waals surface area (Å²) in [6.07, 6.45) is 6.10. The Kier molecular flexibility index (Phi) is 4.19. The second-order valence-electron chi connectivity index (χ2n) is 4.69. The van der Waals surface area contributed by atoms with E-state index in [9.17, 15) is 9.90 Å². The number of hydrogen-bond donors (Lipinski definition) is 2. The number of carbonyl (C=O) groups is 1. The van der Waals surface area contributed by atoms with E-state index in [1.807, 2.05) is 0 Å². The third-order valence-corrected chi connectivity index (χ3v) is 3.82. The molecule has 1 unspecified atom stereocenters. The maximum absolute atomic E-state index is 11.3. The summed E-state index contributed by atoms with van der Waals surface area (Å²) in [5, 5.41) is 13.2. The van der Waals surface area contributed by atoms with E-state index in [2.05, 4.69) is 15.3 Å². The summed E-state index contributed by atoms with van der Waals surface area (Å²) >= 11 is 1.49. The summed E-state index contributed by atoms with van der Waals surface area (Å²) < 4.78 is 0. The number of aromatic nitrogens is 2. The van der Waals surface area contributed by atoms with E-state index in [0.717, 1.165) is 12.8 Å². The topological polar surface area (TPSA) is 75.1 Å². The largest absolute Gasteiger partial charge is 0.480 e. The summed E-state index contributed by atoms with van der Waals surface area (Å²) in [7, 11) is 0. The first-order valence-electron chi connectivity index (χ1n) is 6.01. The summed E-state index contributed by atoms with van der Waals surface area (Å²) in [6.45, 7) is 1.75. The van der Waals surface area contributed by atoms with Gasteiger partial charge in [-0.15, -0.1) is 0 Å². The van der Waals surface area contributed by atoms with Crippen LogP contribution in [-0.4, -0.2) is 38.4 Å². The van der Waals surface area contributed by atoms with Crippen LogP contribution < -0.4 is 5.32 Å². The summed E-state index contributed by atoms with van der Waals surface area (Å²) in [4.78, 5) is 19.5. The minimum Gasteiger partial charge on any atom is -0.480 e. The SMILES string of the molecule is CC(CCSc1ncccn1)(NC1CC1)C(=O)O. The number of nitrogens with zero attached hydrogens (tertiary/aromatic N) is 2. The molecule has 1 aromatic heterocycles. The number of carboxylic acids is 1. The van der Waals surface area contributed by atoms with E-state index in [-0.39, 0.29) is 0 Å². The first-order chi connectivity index (χ1) is 8.60. The van der Waals surface area contributed by atoms with Crippen LogP contribution in [0, 0.1) is 0 Å². The van der Waals surface area contributed by atoms with Gasteiger partial charge in [-0.05, 0) is 32.3 Å². The van der Waals surface area contributed by atoms with Gasteiger partial charge in [0.05, 0.1) is 0 Å². The molecule has 18 heavy (non-hydrogen) atoms. The average molecular weight is 267 g/mol. The Hall–Kier alpha value is -1.14. The van der Waals surface area contributed by atoms with Crippen LogP contribution in [0.5, 0.6) is 0 Å². The monoisotopic (exact) mass is 267 g/mol. The molecule has 1 saturated carbocycles. The van der Waals surface area contributed by atoms with Crippen molar-refractivity contribution >= 4 is 17.7 Å². The van der Waals surface area contributed by atoms with E-state index < -0.39 is 11.5 Å². The predicted octanol–water partition coefficient (Wildman–Crippen LogP) is 1.55. The van der Waals surface area contributed by atoms with Crippen LogP contribution in [0.25, 0.3) is 0 Å². The average Bonchev–Trinajstić information content (AvgIpc) is 3.14. The van der Waals surface area contributed by atoms with Crippen molar-refractivity contribution in [2.24, 2.45) is 0 Å². The number of carboxylic acid groups (broad SMARTS) is 1. The van der Waals surface area contributed by atoms with Crippen LogP contribution in [0.2, 0.25) is 0 Å². The lowest BCUT2D eigenvalue weighted by Crippen LogP contribution is -2.50. The molecule has 1 heterocycles. The lowest BCUT2D eigenvalue weighted by atomic mass is 9.99. The molecule has 0 aliphatic heterocycles. The van der Waals surface area contributed by atoms with Gasteiger partial charge < -0.3 is 5.11 Å². The van der Waals surface area contributed by atoms with E-state index in [1.165, 1.54) is 11.8 Å². The van der Waals surface area contributed by atoms with Gasteiger partial charge in [0, 0.05) is 24.2 Å². The van der Waals surface area contributed by atoms with Gasteiger partial charge >= 0.3 is 5.97 Å². The van der Waals surface area contributed by atoms with Crippen molar-refractivity contribution in [3.63, 3.8) is 0 Å². The normalized spacial score (nSPS) is 18.3. The summed E-state index contributed by atoms with van der Waals surface area (Å²) in [5.74, 6) is -0.101. The van der Waals surface area contributed by atoms with Gasteiger partial charge in [0.25, 0.3) is 0 Å². The molecule has 6 heteroatoms. The van der Waals surface area contributed by atoms with Crippen LogP contribution in [0.4, 0.5) is 0 Å². The molecule has 0 spiro atoms. The molecule has 0 saturated heterocycles. The smallest absolute Gasteiger partial charge is 0.323 e. The quantitative estimate of drug-likeness (QED) is 0.577. The second-order valence-corrected chi connectivity index (χ2v) is 5.75. The van der Waals surface area contributed by atoms with Gasteiger partial charge in [-0.3, -0.25) is 10.1 Å². The standard InChI is InChI=1S/C12H17N3O2S/c1-12(10(16)17,15-9-3-4-9)5-8-18-11-13-6-2-7-14-11/h2,6-7,9,15H,3-5,8H2,1H3,(H,16,17). The van der Waals surface area contributed by atoms with Crippen molar-refractivity contribution in [3.8, 4) is 0 Å². The molecule has 1 fully saturated rings. The van der Waals surface area contributed by atoms with Gasteiger partial charge in [-0.1, -0.05) is 11.8 Å². The lowest BCUT2D eigenvalue weighted by Gasteiger charge is -2.26. The zero-order valence-electron chi connectivity index (χ0n) is 10.3. The zero-order chi connectivity index (χ0) is 13.0. The van der Waals surface area contributed by atoms with Crippen LogP contribution >= 0.6 is 11.8 Å². The van der Waals surface area contributed by atoms with Gasteiger partial charge in [0.15, 0.2) is 5.16 Å². The fraction of sp³-hybridized carbons (Fsp3) is 0.583. The second kappa shape index (κ2) is 5.67. The molecule has 1 atom stereocenters. The molecule has 1 aliphatic rings. The van der Waals surface area contributed by atoms with Crippen LogP contribution in [0.3, 0.4) is 0 Å². The number of rotatable bonds is 7. The van der Waals surface area contributed by atoms with E-state index >= 15 is 0 Å². The minimum atomic E-state index is -0.844. The third-order valence-electron chi connectivity index (χ3n) is 2.95. The molecular weight excluding hydrogens is 250 g/mol. The Morgan fingerprint density at radius 1 is 1.56 bits per heavy atom. The predicted molar refractivity (Wildman–Crippen MR) is 69.6 cm³/mol. The highest BCUT2D eigenvalue weighted by Crippen LogP contribution is 2.26. The Balaban J connectivity index is 1.84. The molecular formula is C12H17N3O2S. The fourth-order valence-electron chi connectivity index (χ4n) is 1.63. The Morgan fingerprint density at radius 3 is 2.78 bits per heavy atom. The van der Waals surface area contributed by atoms with Crippen LogP contribution in [-0.2, 0) is 4.79 Å². The van der Waals surface area contributed by atoms with Gasteiger partial charge in [-0.25, -0.2) is 9.97 Å². The van der Waals surface area contributed by atoms with Gasteiger partial charge in [0.2, 0.25) is 0 Å². The molecule has 2 N–H and O–H groups in total. The Bertz CT molecular complexity index is 411. The van der Waals surface area contributed by atoms with E-state index in [4.69, 9.17) is 0 Å². The maximum atomic E-state index is 11.3. The van der Waals surface area contributed by atoms with Crippen molar-refractivity contribution in [1.82, 2.24) is 15.3 Å². The molecule has 5 nitrogen and oxygen atoms in total. The molecule has 98 valence electrons. The maximum Gasteiger partial charge on any atom is 0.323 e. The number of aliphatic carboxylic acids is 1. The fourth-order valence-corrected chi connectivity index (χ4v) is 2.59. The first kappa shape index (κ1) is 13.3. The zero-order valence-corrected chi connectivity index (χ0v) is 11.1. The Morgan fingerprint density at radius 2 is 2.22 bits per heavy atom. The lowest BCUT2D eigenvalue weighted by molar-refractivity contribution is -0.144.